The molecule has 0 aromatic heterocycles. The molecule has 0 atom stereocenters. The summed E-state index contributed by atoms with van der Waals surface area (Å²) in [6.07, 6.45) is 4.03. The third kappa shape index (κ3) is 2.63. The Hall–Kier alpha value is -1.26. The SMILES string of the molecule is COC(=O)CCC12CC(N(C)C(=O)OC(C)(C)C)(C1)C2. The smallest absolute Gasteiger partial charge is 0.410 e. The van der Waals surface area contributed by atoms with Crippen LogP contribution < -0.4 is 0 Å². The van der Waals surface area contributed by atoms with Crippen molar-refractivity contribution in [2.45, 2.75) is 64.0 Å². The van der Waals surface area contributed by atoms with Crippen molar-refractivity contribution < 1.29 is 19.1 Å². The molecule has 3 rings (SSSR count). The minimum Gasteiger partial charge on any atom is -0.469 e. The maximum atomic E-state index is 12.1. The van der Waals surface area contributed by atoms with E-state index in [4.69, 9.17) is 4.74 Å². The molecule has 0 spiro atoms. The van der Waals surface area contributed by atoms with E-state index in [2.05, 4.69) is 4.74 Å². The number of nitrogens with zero attached hydrogens (tertiary/aromatic N) is 1. The van der Waals surface area contributed by atoms with Gasteiger partial charge in [0.1, 0.15) is 5.60 Å². The lowest BCUT2D eigenvalue weighted by molar-refractivity contribution is -0.210. The molecule has 1 amide bonds. The summed E-state index contributed by atoms with van der Waals surface area (Å²) in [6.45, 7) is 5.62. The van der Waals surface area contributed by atoms with Crippen molar-refractivity contribution in [3.63, 3.8) is 0 Å². The molecule has 0 heterocycles. The summed E-state index contributed by atoms with van der Waals surface area (Å²) in [4.78, 5) is 25.0. The predicted octanol–water partition coefficient (Wildman–Crippen LogP) is 2.73. The van der Waals surface area contributed by atoms with E-state index in [-0.39, 0.29) is 23.0 Å². The fourth-order valence-corrected chi connectivity index (χ4v) is 3.55. The molecule has 0 N–H and O–H groups in total. The average molecular weight is 283 g/mol. The summed E-state index contributed by atoms with van der Waals surface area (Å²) in [5, 5.41) is 0. The molecule has 0 aromatic carbocycles. The van der Waals surface area contributed by atoms with Gasteiger partial charge in [-0.05, 0) is 51.9 Å². The minimum absolute atomic E-state index is 0.0293. The lowest BCUT2D eigenvalue weighted by Gasteiger charge is -2.73. The zero-order chi connectivity index (χ0) is 15.2. The van der Waals surface area contributed by atoms with Gasteiger partial charge in [0.05, 0.1) is 7.11 Å². The van der Waals surface area contributed by atoms with Gasteiger partial charge in [0.15, 0.2) is 0 Å². The lowest BCUT2D eigenvalue weighted by Crippen LogP contribution is -2.74. The van der Waals surface area contributed by atoms with E-state index in [1.54, 1.807) is 4.90 Å². The van der Waals surface area contributed by atoms with Crippen LogP contribution in [-0.2, 0) is 14.3 Å². The molecule has 5 heteroatoms. The number of carbonyl (C=O) groups excluding carboxylic acids is 2. The Morgan fingerprint density at radius 2 is 1.75 bits per heavy atom. The molecule has 2 bridgehead atoms. The highest BCUT2D eigenvalue weighted by Crippen LogP contribution is 2.71. The van der Waals surface area contributed by atoms with Gasteiger partial charge in [-0.2, -0.15) is 0 Å². The highest BCUT2D eigenvalue weighted by molar-refractivity contribution is 5.71. The Labute approximate surface area is 120 Å². The normalized spacial score (nSPS) is 30.9. The number of carbonyl (C=O) groups is 2. The number of hydrogen-bond acceptors (Lipinski definition) is 4. The van der Waals surface area contributed by atoms with Crippen LogP contribution in [0.2, 0.25) is 0 Å². The van der Waals surface area contributed by atoms with Gasteiger partial charge in [-0.3, -0.25) is 4.79 Å². The molecule has 3 fully saturated rings. The summed E-state index contributed by atoms with van der Waals surface area (Å²) in [6, 6.07) is 0. The van der Waals surface area contributed by atoms with Crippen molar-refractivity contribution in [2.75, 3.05) is 14.2 Å². The Morgan fingerprint density at radius 1 is 1.20 bits per heavy atom. The van der Waals surface area contributed by atoms with Crippen LogP contribution in [0.25, 0.3) is 0 Å². The molecule has 3 aliphatic rings. The number of methoxy groups -OCH3 is 1. The fourth-order valence-electron chi connectivity index (χ4n) is 3.55. The predicted molar refractivity (Wildman–Crippen MR) is 74.3 cm³/mol. The molecule has 3 saturated carbocycles. The molecule has 0 aliphatic heterocycles. The standard InChI is InChI=1S/C15H25NO4/c1-13(2,3)20-12(18)16(4)15-8-14(9-15,10-15)7-6-11(17)19-5/h6-10H2,1-5H3. The molecule has 114 valence electrons. The Balaban J connectivity index is 1.81. The van der Waals surface area contributed by atoms with Gasteiger partial charge in [0.2, 0.25) is 0 Å². The Bertz CT molecular complexity index is 404. The molecule has 0 saturated heterocycles. The van der Waals surface area contributed by atoms with Crippen LogP contribution in [0.4, 0.5) is 4.79 Å². The number of hydrogen-bond donors (Lipinski definition) is 0. The van der Waals surface area contributed by atoms with Crippen LogP contribution in [0.15, 0.2) is 0 Å². The van der Waals surface area contributed by atoms with Crippen molar-refractivity contribution in [1.82, 2.24) is 4.90 Å². The maximum Gasteiger partial charge on any atom is 0.410 e. The summed E-state index contributed by atoms with van der Waals surface area (Å²) >= 11 is 0. The number of ether oxygens (including phenoxy) is 2. The second-order valence-corrected chi connectivity index (χ2v) is 7.37. The van der Waals surface area contributed by atoms with E-state index in [0.717, 1.165) is 25.7 Å². The number of amides is 1. The molecule has 20 heavy (non-hydrogen) atoms. The summed E-state index contributed by atoms with van der Waals surface area (Å²) in [7, 11) is 3.24. The first kappa shape index (κ1) is 15.1. The first-order valence-corrected chi connectivity index (χ1v) is 7.15. The largest absolute Gasteiger partial charge is 0.469 e. The van der Waals surface area contributed by atoms with Crippen LogP contribution >= 0.6 is 0 Å². The average Bonchev–Trinajstić information content (AvgIpc) is 2.22. The third-order valence-electron chi connectivity index (χ3n) is 4.58. The van der Waals surface area contributed by atoms with Crippen molar-refractivity contribution in [3.05, 3.63) is 0 Å². The van der Waals surface area contributed by atoms with E-state index in [0.29, 0.717) is 6.42 Å². The van der Waals surface area contributed by atoms with Gasteiger partial charge in [0.25, 0.3) is 0 Å². The van der Waals surface area contributed by atoms with Crippen molar-refractivity contribution >= 4 is 12.1 Å². The first-order chi connectivity index (χ1) is 9.11. The minimum atomic E-state index is -0.461. The molecular weight excluding hydrogens is 258 g/mol. The van der Waals surface area contributed by atoms with E-state index in [9.17, 15) is 9.59 Å². The topological polar surface area (TPSA) is 55.8 Å². The summed E-state index contributed by atoms with van der Waals surface area (Å²) in [5.74, 6) is -0.149. The quantitative estimate of drug-likeness (QED) is 0.744. The summed E-state index contributed by atoms with van der Waals surface area (Å²) in [5.41, 5.74) is -0.236. The molecular formula is C15H25NO4. The fraction of sp³-hybridized carbons (Fsp3) is 0.867. The van der Waals surface area contributed by atoms with Crippen LogP contribution in [0, 0.1) is 5.41 Å². The highest BCUT2D eigenvalue weighted by Gasteiger charge is 2.70. The zero-order valence-corrected chi connectivity index (χ0v) is 13.1. The van der Waals surface area contributed by atoms with Crippen molar-refractivity contribution in [1.29, 1.82) is 0 Å². The maximum absolute atomic E-state index is 12.1. The van der Waals surface area contributed by atoms with Gasteiger partial charge in [-0.25, -0.2) is 4.79 Å². The van der Waals surface area contributed by atoms with Crippen LogP contribution in [0.1, 0.15) is 52.9 Å². The zero-order valence-electron chi connectivity index (χ0n) is 13.1. The van der Waals surface area contributed by atoms with E-state index in [1.165, 1.54) is 7.11 Å². The summed E-state index contributed by atoms with van der Waals surface area (Å²) < 4.78 is 10.1. The number of esters is 1. The van der Waals surface area contributed by atoms with Gasteiger partial charge in [-0.1, -0.05) is 0 Å². The Morgan fingerprint density at radius 3 is 2.20 bits per heavy atom. The van der Waals surface area contributed by atoms with Crippen LogP contribution in [-0.4, -0.2) is 42.3 Å². The van der Waals surface area contributed by atoms with Gasteiger partial charge in [0, 0.05) is 19.0 Å². The lowest BCUT2D eigenvalue weighted by atomic mass is 9.38. The Kier molecular flexibility index (Phi) is 3.51. The molecule has 0 aromatic rings. The monoisotopic (exact) mass is 283 g/mol. The van der Waals surface area contributed by atoms with Crippen LogP contribution in [0.5, 0.6) is 0 Å². The second kappa shape index (κ2) is 4.64. The molecule has 3 aliphatic carbocycles. The van der Waals surface area contributed by atoms with Gasteiger partial charge < -0.3 is 14.4 Å². The van der Waals surface area contributed by atoms with E-state index >= 15 is 0 Å². The van der Waals surface area contributed by atoms with Crippen molar-refractivity contribution in [3.8, 4) is 0 Å². The number of rotatable bonds is 4. The van der Waals surface area contributed by atoms with E-state index in [1.807, 2.05) is 27.8 Å². The molecule has 0 radical (unpaired) electrons. The second-order valence-electron chi connectivity index (χ2n) is 7.37. The highest BCUT2D eigenvalue weighted by atomic mass is 16.6. The third-order valence-corrected chi connectivity index (χ3v) is 4.58. The van der Waals surface area contributed by atoms with Gasteiger partial charge in [-0.15, -0.1) is 0 Å². The molecule has 5 nitrogen and oxygen atoms in total. The molecule has 0 unspecified atom stereocenters. The first-order valence-electron chi connectivity index (χ1n) is 7.15. The van der Waals surface area contributed by atoms with Crippen LogP contribution in [0.3, 0.4) is 0 Å². The van der Waals surface area contributed by atoms with Gasteiger partial charge >= 0.3 is 12.1 Å². The van der Waals surface area contributed by atoms with E-state index < -0.39 is 5.60 Å². The van der Waals surface area contributed by atoms with Crippen molar-refractivity contribution in [2.24, 2.45) is 5.41 Å².